The molecule has 0 fully saturated rings. The standard InChI is InChI=1S/C35H72/c1-9-11-12-13-14-15-16-17-18-19-20-21-22-23-24-25-26-27-28-32(7)29-35(33(8)30(3)4)34(10-2)31(5)6/h30-35H,9-29H2,1-8H3. The summed E-state index contributed by atoms with van der Waals surface area (Å²) in [4.78, 5) is 0. The number of unbranched alkanes of at least 4 members (excludes halogenated alkanes) is 17. The molecule has 0 bridgehead atoms. The molecule has 0 aromatic carbocycles. The van der Waals surface area contributed by atoms with Gasteiger partial charge in [-0.3, -0.25) is 0 Å². The Morgan fingerprint density at radius 1 is 0.400 bits per heavy atom. The molecule has 0 aliphatic carbocycles. The van der Waals surface area contributed by atoms with Crippen LogP contribution in [0.3, 0.4) is 0 Å². The van der Waals surface area contributed by atoms with Gasteiger partial charge in [-0.25, -0.2) is 0 Å². The second-order valence-electron chi connectivity index (χ2n) is 13.2. The van der Waals surface area contributed by atoms with Crippen LogP contribution in [0.5, 0.6) is 0 Å². The molecule has 4 atom stereocenters. The molecular formula is C35H72. The van der Waals surface area contributed by atoms with Gasteiger partial charge in [0.05, 0.1) is 0 Å². The van der Waals surface area contributed by atoms with Crippen LogP contribution in [0, 0.1) is 35.5 Å². The molecule has 0 aliphatic rings. The Morgan fingerprint density at radius 3 is 1.09 bits per heavy atom. The van der Waals surface area contributed by atoms with Gasteiger partial charge in [0.2, 0.25) is 0 Å². The van der Waals surface area contributed by atoms with E-state index in [1.54, 1.807) is 0 Å². The molecule has 0 N–H and O–H groups in total. The van der Waals surface area contributed by atoms with Gasteiger partial charge in [-0.15, -0.1) is 0 Å². The van der Waals surface area contributed by atoms with Crippen molar-refractivity contribution in [2.45, 2.75) is 190 Å². The van der Waals surface area contributed by atoms with Crippen molar-refractivity contribution in [2.24, 2.45) is 35.5 Å². The zero-order valence-electron chi connectivity index (χ0n) is 26.3. The molecule has 212 valence electrons. The Hall–Kier alpha value is 0. The molecule has 0 rings (SSSR count). The van der Waals surface area contributed by atoms with E-state index < -0.39 is 0 Å². The topological polar surface area (TPSA) is 0 Å². The van der Waals surface area contributed by atoms with E-state index in [2.05, 4.69) is 55.4 Å². The minimum Gasteiger partial charge on any atom is -0.0654 e. The molecule has 0 amide bonds. The van der Waals surface area contributed by atoms with Gasteiger partial charge in [-0.05, 0) is 41.9 Å². The Labute approximate surface area is 225 Å². The van der Waals surface area contributed by atoms with Crippen LogP contribution >= 0.6 is 0 Å². The Kier molecular flexibility index (Phi) is 24.3. The molecule has 0 aliphatic heterocycles. The van der Waals surface area contributed by atoms with E-state index in [1.807, 2.05) is 0 Å². The molecule has 0 heteroatoms. The predicted molar refractivity (Wildman–Crippen MR) is 163 cm³/mol. The average molecular weight is 493 g/mol. The SMILES string of the molecule is CCCCCCCCCCCCCCCCCCCCC(C)CC(C(C)C(C)C)C(CC)C(C)C. The van der Waals surface area contributed by atoms with Crippen molar-refractivity contribution in [1.82, 2.24) is 0 Å². The summed E-state index contributed by atoms with van der Waals surface area (Å²) >= 11 is 0. The maximum absolute atomic E-state index is 2.54. The van der Waals surface area contributed by atoms with Gasteiger partial charge >= 0.3 is 0 Å². The van der Waals surface area contributed by atoms with E-state index in [-0.39, 0.29) is 0 Å². The van der Waals surface area contributed by atoms with E-state index in [0.29, 0.717) is 0 Å². The maximum Gasteiger partial charge on any atom is -0.0353 e. The number of hydrogen-bond acceptors (Lipinski definition) is 0. The van der Waals surface area contributed by atoms with E-state index in [4.69, 9.17) is 0 Å². The lowest BCUT2D eigenvalue weighted by Gasteiger charge is -2.37. The Bertz CT molecular complexity index is 408. The van der Waals surface area contributed by atoms with Gasteiger partial charge in [0.1, 0.15) is 0 Å². The van der Waals surface area contributed by atoms with Gasteiger partial charge in [0, 0.05) is 0 Å². The summed E-state index contributed by atoms with van der Waals surface area (Å²) in [6.07, 6.45) is 30.7. The summed E-state index contributed by atoms with van der Waals surface area (Å²) in [5, 5.41) is 0. The summed E-state index contributed by atoms with van der Waals surface area (Å²) in [7, 11) is 0. The van der Waals surface area contributed by atoms with E-state index in [9.17, 15) is 0 Å². The average Bonchev–Trinajstić information content (AvgIpc) is 2.82. The first-order valence-corrected chi connectivity index (χ1v) is 16.8. The van der Waals surface area contributed by atoms with Crippen LogP contribution in [-0.4, -0.2) is 0 Å². The summed E-state index contributed by atoms with van der Waals surface area (Å²) < 4.78 is 0. The van der Waals surface area contributed by atoms with Crippen molar-refractivity contribution in [3.05, 3.63) is 0 Å². The highest BCUT2D eigenvalue weighted by Crippen LogP contribution is 2.38. The minimum atomic E-state index is 0.810. The second-order valence-corrected chi connectivity index (χ2v) is 13.2. The van der Waals surface area contributed by atoms with Crippen LogP contribution in [0.25, 0.3) is 0 Å². The van der Waals surface area contributed by atoms with Gasteiger partial charge in [-0.2, -0.15) is 0 Å². The highest BCUT2D eigenvalue weighted by molar-refractivity contribution is 4.80. The van der Waals surface area contributed by atoms with Crippen molar-refractivity contribution in [1.29, 1.82) is 0 Å². The highest BCUT2D eigenvalue weighted by Gasteiger charge is 2.30. The fraction of sp³-hybridized carbons (Fsp3) is 1.00. The monoisotopic (exact) mass is 493 g/mol. The fourth-order valence-electron chi connectivity index (χ4n) is 6.52. The highest BCUT2D eigenvalue weighted by atomic mass is 14.4. The number of rotatable bonds is 26. The fourth-order valence-corrected chi connectivity index (χ4v) is 6.52. The van der Waals surface area contributed by atoms with E-state index in [0.717, 1.165) is 35.5 Å². The van der Waals surface area contributed by atoms with Gasteiger partial charge in [0.15, 0.2) is 0 Å². The van der Waals surface area contributed by atoms with Gasteiger partial charge in [-0.1, -0.05) is 184 Å². The Morgan fingerprint density at radius 2 is 0.771 bits per heavy atom. The van der Waals surface area contributed by atoms with E-state index >= 15 is 0 Å². The third kappa shape index (κ3) is 19.7. The van der Waals surface area contributed by atoms with Crippen LogP contribution < -0.4 is 0 Å². The second kappa shape index (κ2) is 24.3. The minimum absolute atomic E-state index is 0.810. The summed E-state index contributed by atoms with van der Waals surface area (Å²) in [5.41, 5.74) is 0. The smallest absolute Gasteiger partial charge is 0.0353 e. The third-order valence-electron chi connectivity index (χ3n) is 9.33. The summed E-state index contributed by atoms with van der Waals surface area (Å²) in [6.45, 7) is 19.6. The summed E-state index contributed by atoms with van der Waals surface area (Å²) in [5.74, 6) is 5.19. The van der Waals surface area contributed by atoms with Crippen molar-refractivity contribution in [2.75, 3.05) is 0 Å². The molecule has 35 heavy (non-hydrogen) atoms. The maximum atomic E-state index is 2.54. The lowest BCUT2D eigenvalue weighted by atomic mass is 9.68. The first-order valence-electron chi connectivity index (χ1n) is 16.8. The van der Waals surface area contributed by atoms with E-state index in [1.165, 1.54) is 135 Å². The molecule has 0 aromatic heterocycles. The van der Waals surface area contributed by atoms with Crippen LogP contribution in [-0.2, 0) is 0 Å². The normalized spacial score (nSPS) is 15.6. The van der Waals surface area contributed by atoms with Crippen LogP contribution in [0.4, 0.5) is 0 Å². The van der Waals surface area contributed by atoms with Crippen LogP contribution in [0.1, 0.15) is 190 Å². The first-order chi connectivity index (χ1) is 16.8. The molecule has 0 heterocycles. The molecule has 0 nitrogen and oxygen atoms in total. The molecular weight excluding hydrogens is 420 g/mol. The Balaban J connectivity index is 3.67. The lowest BCUT2D eigenvalue weighted by Crippen LogP contribution is -2.30. The third-order valence-corrected chi connectivity index (χ3v) is 9.33. The lowest BCUT2D eigenvalue weighted by molar-refractivity contribution is 0.120. The van der Waals surface area contributed by atoms with Crippen molar-refractivity contribution >= 4 is 0 Å². The van der Waals surface area contributed by atoms with Crippen LogP contribution in [0.15, 0.2) is 0 Å². The predicted octanol–water partition coefficient (Wildman–Crippen LogP) is 13.0. The zero-order valence-corrected chi connectivity index (χ0v) is 26.3. The van der Waals surface area contributed by atoms with Crippen molar-refractivity contribution in [3.63, 3.8) is 0 Å². The first kappa shape index (κ1) is 35.0. The molecule has 0 saturated carbocycles. The quantitative estimate of drug-likeness (QED) is 0.105. The van der Waals surface area contributed by atoms with Crippen molar-refractivity contribution in [3.8, 4) is 0 Å². The van der Waals surface area contributed by atoms with Gasteiger partial charge in [0.25, 0.3) is 0 Å². The molecule has 0 saturated heterocycles. The molecule has 0 radical (unpaired) electrons. The van der Waals surface area contributed by atoms with Crippen molar-refractivity contribution < 1.29 is 0 Å². The molecule has 0 aromatic rings. The zero-order chi connectivity index (χ0) is 26.3. The summed E-state index contributed by atoms with van der Waals surface area (Å²) in [6, 6.07) is 0. The molecule has 0 spiro atoms. The largest absolute Gasteiger partial charge is 0.0654 e. The van der Waals surface area contributed by atoms with Gasteiger partial charge < -0.3 is 0 Å². The van der Waals surface area contributed by atoms with Crippen LogP contribution in [0.2, 0.25) is 0 Å². The number of hydrogen-bond donors (Lipinski definition) is 0. The molecule has 4 unspecified atom stereocenters.